The molecule has 3 nitrogen and oxygen atoms in total. The standard InChI is InChI=1S/C10H14BrNO2/c1-12-8-4-2-3-7(5-8)10(14)9(13)6-11/h2-5,9-10,12-14H,6H2,1H3. The van der Waals surface area contributed by atoms with Crippen LogP contribution in [0, 0.1) is 0 Å². The molecule has 1 rings (SSSR count). The zero-order valence-electron chi connectivity index (χ0n) is 7.94. The quantitative estimate of drug-likeness (QED) is 0.719. The summed E-state index contributed by atoms with van der Waals surface area (Å²) in [6.45, 7) is 0. The molecule has 2 atom stereocenters. The second-order valence-electron chi connectivity index (χ2n) is 3.04. The fourth-order valence-electron chi connectivity index (χ4n) is 1.18. The van der Waals surface area contributed by atoms with E-state index in [9.17, 15) is 10.2 Å². The van der Waals surface area contributed by atoms with E-state index in [1.165, 1.54) is 0 Å². The molecule has 2 unspecified atom stereocenters. The minimum atomic E-state index is -0.845. The van der Waals surface area contributed by atoms with Crippen molar-refractivity contribution < 1.29 is 10.2 Å². The van der Waals surface area contributed by atoms with E-state index < -0.39 is 12.2 Å². The van der Waals surface area contributed by atoms with Gasteiger partial charge in [0, 0.05) is 18.1 Å². The lowest BCUT2D eigenvalue weighted by atomic mass is 10.1. The summed E-state index contributed by atoms with van der Waals surface area (Å²) < 4.78 is 0. The first-order valence-corrected chi connectivity index (χ1v) is 5.51. The number of anilines is 1. The molecule has 0 aliphatic heterocycles. The summed E-state index contributed by atoms with van der Waals surface area (Å²) in [5, 5.41) is 22.5. The van der Waals surface area contributed by atoms with Gasteiger partial charge in [-0.3, -0.25) is 0 Å². The van der Waals surface area contributed by atoms with Crippen LogP contribution in [-0.4, -0.2) is 28.7 Å². The first-order valence-electron chi connectivity index (χ1n) is 4.39. The number of benzene rings is 1. The molecule has 3 N–H and O–H groups in total. The van der Waals surface area contributed by atoms with Crippen molar-refractivity contribution >= 4 is 21.6 Å². The predicted molar refractivity (Wildman–Crippen MR) is 60.7 cm³/mol. The first kappa shape index (κ1) is 11.5. The lowest BCUT2D eigenvalue weighted by molar-refractivity contribution is 0.0343. The molecular formula is C10H14BrNO2. The molecule has 1 aromatic carbocycles. The fraction of sp³-hybridized carbons (Fsp3) is 0.400. The fourth-order valence-corrected chi connectivity index (χ4v) is 1.54. The number of nitrogens with one attached hydrogen (secondary N) is 1. The van der Waals surface area contributed by atoms with E-state index in [2.05, 4.69) is 21.2 Å². The minimum Gasteiger partial charge on any atom is -0.389 e. The summed E-state index contributed by atoms with van der Waals surface area (Å²) >= 11 is 3.12. The number of alkyl halides is 1. The lowest BCUT2D eigenvalue weighted by Gasteiger charge is -2.16. The topological polar surface area (TPSA) is 52.5 Å². The molecule has 1 aromatic rings. The van der Waals surface area contributed by atoms with E-state index in [0.717, 1.165) is 5.69 Å². The van der Waals surface area contributed by atoms with Gasteiger partial charge in [0.25, 0.3) is 0 Å². The molecule has 0 fully saturated rings. The third kappa shape index (κ3) is 2.70. The number of hydrogen-bond donors (Lipinski definition) is 3. The molecule has 4 heteroatoms. The Morgan fingerprint density at radius 2 is 2.14 bits per heavy atom. The molecule has 0 heterocycles. The highest BCUT2D eigenvalue weighted by atomic mass is 79.9. The first-order chi connectivity index (χ1) is 6.69. The van der Waals surface area contributed by atoms with E-state index in [0.29, 0.717) is 10.9 Å². The van der Waals surface area contributed by atoms with Gasteiger partial charge in [-0.05, 0) is 17.7 Å². The van der Waals surface area contributed by atoms with Gasteiger partial charge in [-0.15, -0.1) is 0 Å². The van der Waals surface area contributed by atoms with Crippen molar-refractivity contribution in [1.29, 1.82) is 0 Å². The second-order valence-corrected chi connectivity index (χ2v) is 3.69. The number of halogens is 1. The third-order valence-electron chi connectivity index (χ3n) is 2.04. The Hall–Kier alpha value is -0.580. The highest BCUT2D eigenvalue weighted by Crippen LogP contribution is 2.20. The maximum atomic E-state index is 9.70. The molecular weight excluding hydrogens is 246 g/mol. The van der Waals surface area contributed by atoms with E-state index in [4.69, 9.17) is 0 Å². The van der Waals surface area contributed by atoms with Crippen LogP contribution < -0.4 is 5.32 Å². The van der Waals surface area contributed by atoms with E-state index in [1.807, 2.05) is 25.2 Å². The number of aliphatic hydroxyl groups is 2. The molecule has 78 valence electrons. The summed E-state index contributed by atoms with van der Waals surface area (Å²) in [6.07, 6.45) is -1.62. The number of hydrogen-bond acceptors (Lipinski definition) is 3. The van der Waals surface area contributed by atoms with Crippen molar-refractivity contribution in [1.82, 2.24) is 0 Å². The summed E-state index contributed by atoms with van der Waals surface area (Å²) in [5.74, 6) is 0. The average Bonchev–Trinajstić information content (AvgIpc) is 2.27. The van der Waals surface area contributed by atoms with Crippen LogP contribution in [0.3, 0.4) is 0 Å². The third-order valence-corrected chi connectivity index (χ3v) is 2.70. The van der Waals surface area contributed by atoms with Crippen LogP contribution in [0.5, 0.6) is 0 Å². The SMILES string of the molecule is CNc1cccc(C(O)C(O)CBr)c1. The predicted octanol–water partition coefficient (Wildman–Crippen LogP) is 1.52. The Morgan fingerprint density at radius 1 is 1.43 bits per heavy atom. The molecule has 0 aliphatic carbocycles. The largest absolute Gasteiger partial charge is 0.389 e. The Labute approximate surface area is 91.9 Å². The highest BCUT2D eigenvalue weighted by Gasteiger charge is 2.16. The molecule has 0 aromatic heterocycles. The molecule has 0 saturated heterocycles. The van der Waals surface area contributed by atoms with Crippen LogP contribution in [0.1, 0.15) is 11.7 Å². The highest BCUT2D eigenvalue weighted by molar-refractivity contribution is 9.09. The van der Waals surface area contributed by atoms with Gasteiger partial charge < -0.3 is 15.5 Å². The number of aliphatic hydroxyl groups excluding tert-OH is 2. The van der Waals surface area contributed by atoms with Gasteiger partial charge in [0.1, 0.15) is 6.10 Å². The number of rotatable bonds is 4. The van der Waals surface area contributed by atoms with Gasteiger partial charge in [-0.2, -0.15) is 0 Å². The summed E-state index contributed by atoms with van der Waals surface area (Å²) in [4.78, 5) is 0. The van der Waals surface area contributed by atoms with E-state index >= 15 is 0 Å². The Bertz CT molecular complexity index is 293. The van der Waals surface area contributed by atoms with E-state index in [-0.39, 0.29) is 0 Å². The Balaban J connectivity index is 2.83. The molecule has 0 saturated carbocycles. The zero-order valence-corrected chi connectivity index (χ0v) is 9.53. The molecule has 0 spiro atoms. The van der Waals surface area contributed by atoms with Crippen LogP contribution in [0.25, 0.3) is 0 Å². The summed E-state index contributed by atoms with van der Waals surface area (Å²) in [6, 6.07) is 7.34. The summed E-state index contributed by atoms with van der Waals surface area (Å²) in [7, 11) is 1.81. The van der Waals surface area contributed by atoms with Crippen molar-refractivity contribution in [2.75, 3.05) is 17.7 Å². The van der Waals surface area contributed by atoms with Crippen molar-refractivity contribution in [2.24, 2.45) is 0 Å². The van der Waals surface area contributed by atoms with Crippen LogP contribution in [-0.2, 0) is 0 Å². The average molecular weight is 260 g/mol. The molecule has 0 bridgehead atoms. The van der Waals surface area contributed by atoms with Gasteiger partial charge in [0.15, 0.2) is 0 Å². The Morgan fingerprint density at radius 3 is 2.71 bits per heavy atom. The molecule has 14 heavy (non-hydrogen) atoms. The monoisotopic (exact) mass is 259 g/mol. The smallest absolute Gasteiger partial charge is 0.106 e. The van der Waals surface area contributed by atoms with Gasteiger partial charge in [-0.1, -0.05) is 28.1 Å². The van der Waals surface area contributed by atoms with Gasteiger partial charge in [0.05, 0.1) is 6.10 Å². The van der Waals surface area contributed by atoms with Crippen molar-refractivity contribution in [3.8, 4) is 0 Å². The van der Waals surface area contributed by atoms with Crippen molar-refractivity contribution in [3.05, 3.63) is 29.8 Å². The molecule has 0 aliphatic rings. The molecule has 0 amide bonds. The van der Waals surface area contributed by atoms with Crippen LogP contribution >= 0.6 is 15.9 Å². The Kier molecular flexibility index (Phi) is 4.38. The second kappa shape index (κ2) is 5.34. The molecule has 0 radical (unpaired) electrons. The maximum absolute atomic E-state index is 9.70. The van der Waals surface area contributed by atoms with E-state index in [1.54, 1.807) is 6.07 Å². The van der Waals surface area contributed by atoms with Crippen LogP contribution in [0.4, 0.5) is 5.69 Å². The maximum Gasteiger partial charge on any atom is 0.106 e. The van der Waals surface area contributed by atoms with Crippen molar-refractivity contribution in [2.45, 2.75) is 12.2 Å². The lowest BCUT2D eigenvalue weighted by Crippen LogP contribution is -2.19. The van der Waals surface area contributed by atoms with Gasteiger partial charge in [-0.25, -0.2) is 0 Å². The van der Waals surface area contributed by atoms with Crippen LogP contribution in [0.15, 0.2) is 24.3 Å². The van der Waals surface area contributed by atoms with Crippen molar-refractivity contribution in [3.63, 3.8) is 0 Å². The van der Waals surface area contributed by atoms with Gasteiger partial charge >= 0.3 is 0 Å². The normalized spacial score (nSPS) is 14.9. The summed E-state index contributed by atoms with van der Waals surface area (Å²) in [5.41, 5.74) is 1.63. The van der Waals surface area contributed by atoms with Crippen LogP contribution in [0.2, 0.25) is 0 Å². The van der Waals surface area contributed by atoms with Gasteiger partial charge in [0.2, 0.25) is 0 Å². The minimum absolute atomic E-state index is 0.359. The zero-order chi connectivity index (χ0) is 10.6.